The number of hydrogen-bond donors (Lipinski definition) is 1. The Hall–Kier alpha value is 0.0600. The van der Waals surface area contributed by atoms with Crippen molar-refractivity contribution in [1.82, 2.24) is 5.32 Å². The van der Waals surface area contributed by atoms with Crippen molar-refractivity contribution in [3.05, 3.63) is 0 Å². The lowest BCUT2D eigenvalue weighted by Gasteiger charge is -2.37. The van der Waals surface area contributed by atoms with Crippen molar-refractivity contribution in [2.24, 2.45) is 5.41 Å². The number of alkyl halides is 3. The SMILES string of the molecule is COCCNCC1(CCSC(F)(F)F)CCCCC1. The minimum atomic E-state index is -4.10. The van der Waals surface area contributed by atoms with E-state index in [-0.39, 0.29) is 22.9 Å². The van der Waals surface area contributed by atoms with Gasteiger partial charge in [0.05, 0.1) is 6.61 Å². The van der Waals surface area contributed by atoms with Crippen LogP contribution in [0.5, 0.6) is 0 Å². The van der Waals surface area contributed by atoms with Crippen LogP contribution in [0.4, 0.5) is 13.2 Å². The summed E-state index contributed by atoms with van der Waals surface area (Å²) in [7, 11) is 1.65. The van der Waals surface area contributed by atoms with E-state index in [4.69, 9.17) is 4.74 Å². The average molecular weight is 299 g/mol. The molecule has 0 radical (unpaired) electrons. The van der Waals surface area contributed by atoms with Gasteiger partial charge in [-0.3, -0.25) is 0 Å². The van der Waals surface area contributed by atoms with Gasteiger partial charge in [-0.2, -0.15) is 13.2 Å². The predicted octanol–water partition coefficient (Wildman–Crippen LogP) is 3.82. The van der Waals surface area contributed by atoms with Crippen molar-refractivity contribution >= 4 is 11.8 Å². The number of ether oxygens (including phenoxy) is 1. The second-order valence-corrected chi connectivity index (χ2v) is 6.43. The first kappa shape index (κ1) is 17.1. The Labute approximate surface area is 117 Å². The van der Waals surface area contributed by atoms with Crippen molar-refractivity contribution in [2.45, 2.75) is 44.0 Å². The molecule has 0 aromatic rings. The highest BCUT2D eigenvalue weighted by Crippen LogP contribution is 2.41. The van der Waals surface area contributed by atoms with E-state index in [2.05, 4.69) is 5.32 Å². The number of methoxy groups -OCH3 is 1. The highest BCUT2D eigenvalue weighted by Gasteiger charge is 2.34. The van der Waals surface area contributed by atoms with Gasteiger partial charge in [0.25, 0.3) is 0 Å². The average Bonchev–Trinajstić information content (AvgIpc) is 2.34. The van der Waals surface area contributed by atoms with Gasteiger partial charge in [0.2, 0.25) is 0 Å². The number of halogens is 3. The molecule has 0 unspecified atom stereocenters. The Kier molecular flexibility index (Phi) is 7.54. The summed E-state index contributed by atoms with van der Waals surface area (Å²) in [6, 6.07) is 0. The molecule has 1 N–H and O–H groups in total. The standard InChI is InChI=1S/C13H24F3NOS/c1-18-9-8-17-11-12(5-3-2-4-6-12)7-10-19-13(14,15)16/h17H,2-11H2,1H3. The third-order valence-corrected chi connectivity index (χ3v) is 4.53. The first-order chi connectivity index (χ1) is 8.97. The maximum Gasteiger partial charge on any atom is 0.441 e. The van der Waals surface area contributed by atoms with Gasteiger partial charge in [-0.05, 0) is 24.7 Å². The molecular formula is C13H24F3NOS. The summed E-state index contributed by atoms with van der Waals surface area (Å²) in [5.74, 6) is 0.176. The second kappa shape index (κ2) is 8.37. The number of hydrogen-bond acceptors (Lipinski definition) is 3. The van der Waals surface area contributed by atoms with E-state index in [0.29, 0.717) is 13.0 Å². The fourth-order valence-corrected chi connectivity index (χ4v) is 3.49. The molecule has 0 bridgehead atoms. The topological polar surface area (TPSA) is 21.3 Å². The maximum atomic E-state index is 12.2. The van der Waals surface area contributed by atoms with Gasteiger partial charge in [-0.25, -0.2) is 0 Å². The molecule has 6 heteroatoms. The van der Waals surface area contributed by atoms with Crippen LogP contribution in [0.1, 0.15) is 38.5 Å². The monoisotopic (exact) mass is 299 g/mol. The van der Waals surface area contributed by atoms with E-state index in [1.807, 2.05) is 0 Å². The van der Waals surface area contributed by atoms with Crippen molar-refractivity contribution in [3.8, 4) is 0 Å². The highest BCUT2D eigenvalue weighted by molar-refractivity contribution is 8.00. The Morgan fingerprint density at radius 3 is 2.47 bits per heavy atom. The van der Waals surface area contributed by atoms with Crippen LogP contribution < -0.4 is 5.32 Å². The van der Waals surface area contributed by atoms with E-state index < -0.39 is 5.51 Å². The second-order valence-electron chi connectivity index (χ2n) is 5.27. The zero-order valence-electron chi connectivity index (χ0n) is 11.5. The fraction of sp³-hybridized carbons (Fsp3) is 1.00. The molecule has 0 aromatic carbocycles. The number of nitrogens with one attached hydrogen (secondary N) is 1. The molecule has 0 saturated heterocycles. The number of rotatable bonds is 8. The summed E-state index contributed by atoms with van der Waals surface area (Å²) in [5, 5.41) is 3.33. The molecule has 0 heterocycles. The molecule has 1 fully saturated rings. The van der Waals surface area contributed by atoms with Crippen LogP contribution in [-0.2, 0) is 4.74 Å². The molecule has 0 amide bonds. The van der Waals surface area contributed by atoms with Crippen LogP contribution in [0.15, 0.2) is 0 Å². The van der Waals surface area contributed by atoms with E-state index in [9.17, 15) is 13.2 Å². The summed E-state index contributed by atoms with van der Waals surface area (Å²) < 4.78 is 41.6. The highest BCUT2D eigenvalue weighted by atomic mass is 32.2. The van der Waals surface area contributed by atoms with Crippen LogP contribution in [0.2, 0.25) is 0 Å². The molecule has 1 aliphatic carbocycles. The Balaban J connectivity index is 2.36. The van der Waals surface area contributed by atoms with Crippen LogP contribution in [0.25, 0.3) is 0 Å². The molecular weight excluding hydrogens is 275 g/mol. The van der Waals surface area contributed by atoms with Gasteiger partial charge in [0.1, 0.15) is 0 Å². The van der Waals surface area contributed by atoms with Gasteiger partial charge in [-0.1, -0.05) is 31.0 Å². The first-order valence-corrected chi connectivity index (χ1v) is 7.86. The lowest BCUT2D eigenvalue weighted by atomic mass is 9.72. The van der Waals surface area contributed by atoms with Crippen LogP contribution in [0, 0.1) is 5.41 Å². The molecule has 114 valence electrons. The minimum Gasteiger partial charge on any atom is -0.383 e. The fourth-order valence-electron chi connectivity index (χ4n) is 2.73. The Morgan fingerprint density at radius 1 is 1.21 bits per heavy atom. The lowest BCUT2D eigenvalue weighted by molar-refractivity contribution is -0.0329. The third kappa shape index (κ3) is 7.42. The predicted molar refractivity (Wildman–Crippen MR) is 73.4 cm³/mol. The molecule has 1 rings (SSSR count). The molecule has 0 spiro atoms. The van der Waals surface area contributed by atoms with Crippen LogP contribution in [-0.4, -0.2) is 38.1 Å². The van der Waals surface area contributed by atoms with Gasteiger partial charge in [-0.15, -0.1) is 0 Å². The largest absolute Gasteiger partial charge is 0.441 e. The summed E-state index contributed by atoms with van der Waals surface area (Å²) >= 11 is 0.117. The van der Waals surface area contributed by atoms with Gasteiger partial charge < -0.3 is 10.1 Å². The summed E-state index contributed by atoms with van der Waals surface area (Å²) in [4.78, 5) is 0. The normalized spacial score (nSPS) is 19.6. The third-order valence-electron chi connectivity index (χ3n) is 3.80. The van der Waals surface area contributed by atoms with Gasteiger partial charge >= 0.3 is 5.51 Å². The molecule has 0 atom stereocenters. The lowest BCUT2D eigenvalue weighted by Crippen LogP contribution is -2.38. The zero-order chi connectivity index (χ0) is 14.2. The van der Waals surface area contributed by atoms with E-state index in [1.165, 1.54) is 6.42 Å². The molecule has 0 aromatic heterocycles. The quantitative estimate of drug-likeness (QED) is 0.689. The molecule has 1 saturated carbocycles. The Bertz CT molecular complexity index is 243. The van der Waals surface area contributed by atoms with Crippen LogP contribution in [0.3, 0.4) is 0 Å². The molecule has 0 aliphatic heterocycles. The van der Waals surface area contributed by atoms with Crippen LogP contribution >= 0.6 is 11.8 Å². The molecule has 19 heavy (non-hydrogen) atoms. The molecule has 2 nitrogen and oxygen atoms in total. The van der Waals surface area contributed by atoms with E-state index in [1.54, 1.807) is 7.11 Å². The summed E-state index contributed by atoms with van der Waals surface area (Å²) in [6.07, 6.45) is 6.24. The van der Waals surface area contributed by atoms with Crippen molar-refractivity contribution in [1.29, 1.82) is 0 Å². The maximum absolute atomic E-state index is 12.2. The summed E-state index contributed by atoms with van der Waals surface area (Å²) in [6.45, 7) is 2.23. The van der Waals surface area contributed by atoms with Crippen molar-refractivity contribution in [3.63, 3.8) is 0 Å². The first-order valence-electron chi connectivity index (χ1n) is 6.88. The Morgan fingerprint density at radius 2 is 1.89 bits per heavy atom. The van der Waals surface area contributed by atoms with E-state index >= 15 is 0 Å². The van der Waals surface area contributed by atoms with Gasteiger partial charge in [0, 0.05) is 26.0 Å². The number of thioether (sulfide) groups is 1. The minimum absolute atomic E-state index is 0.0598. The summed E-state index contributed by atoms with van der Waals surface area (Å²) in [5.41, 5.74) is -4.04. The zero-order valence-corrected chi connectivity index (χ0v) is 12.3. The van der Waals surface area contributed by atoms with Crippen molar-refractivity contribution < 1.29 is 17.9 Å². The smallest absolute Gasteiger partial charge is 0.383 e. The van der Waals surface area contributed by atoms with Crippen molar-refractivity contribution in [2.75, 3.05) is 32.6 Å². The van der Waals surface area contributed by atoms with Gasteiger partial charge in [0.15, 0.2) is 0 Å². The molecule has 1 aliphatic rings. The van der Waals surface area contributed by atoms with E-state index in [0.717, 1.165) is 38.8 Å².